The number of hydrogen-bond donors (Lipinski definition) is 2. The van der Waals surface area contributed by atoms with Gasteiger partial charge in [-0.1, -0.05) is 11.6 Å². The molecule has 4 nitrogen and oxygen atoms in total. The predicted octanol–water partition coefficient (Wildman–Crippen LogP) is 5.92. The molecule has 0 saturated heterocycles. The topological polar surface area (TPSA) is 54.0 Å². The molecular formula is C16H11ClF3N3OS. The molecule has 2 aromatic carbocycles. The number of amides is 2. The first kappa shape index (κ1) is 17.5. The van der Waals surface area contributed by atoms with E-state index < -0.39 is 17.8 Å². The lowest BCUT2D eigenvalue weighted by atomic mass is 10.2. The molecule has 25 heavy (non-hydrogen) atoms. The van der Waals surface area contributed by atoms with E-state index in [0.717, 1.165) is 33.4 Å². The molecule has 0 fully saturated rings. The smallest absolute Gasteiger partial charge is 0.308 e. The Morgan fingerprint density at radius 1 is 1.16 bits per heavy atom. The van der Waals surface area contributed by atoms with E-state index in [9.17, 15) is 18.0 Å². The molecule has 0 radical (unpaired) electrons. The number of alkyl halides is 3. The van der Waals surface area contributed by atoms with Gasteiger partial charge in [0, 0.05) is 5.69 Å². The van der Waals surface area contributed by atoms with Gasteiger partial charge in [-0.3, -0.25) is 0 Å². The van der Waals surface area contributed by atoms with Crippen molar-refractivity contribution >= 4 is 50.6 Å². The first-order valence-electron chi connectivity index (χ1n) is 7.04. The largest absolute Gasteiger partial charge is 0.416 e. The van der Waals surface area contributed by atoms with Gasteiger partial charge in [0.15, 0.2) is 0 Å². The number of fused-ring (bicyclic) bond motifs is 1. The molecular weight excluding hydrogens is 375 g/mol. The summed E-state index contributed by atoms with van der Waals surface area (Å²) in [5.74, 6) is 0. The van der Waals surface area contributed by atoms with E-state index in [1.54, 1.807) is 12.1 Å². The number of halogens is 4. The van der Waals surface area contributed by atoms with E-state index in [-0.39, 0.29) is 10.7 Å². The Morgan fingerprint density at radius 2 is 1.92 bits per heavy atom. The maximum Gasteiger partial charge on any atom is 0.416 e. The summed E-state index contributed by atoms with van der Waals surface area (Å²) < 4.78 is 39.2. The van der Waals surface area contributed by atoms with Crippen LogP contribution < -0.4 is 10.6 Å². The monoisotopic (exact) mass is 385 g/mol. The predicted molar refractivity (Wildman–Crippen MR) is 93.5 cm³/mol. The van der Waals surface area contributed by atoms with Gasteiger partial charge in [0.05, 0.1) is 31.5 Å². The maximum atomic E-state index is 12.8. The molecule has 1 heterocycles. The molecule has 130 valence electrons. The molecule has 0 unspecified atom stereocenters. The van der Waals surface area contributed by atoms with Crippen LogP contribution in [0, 0.1) is 6.92 Å². The van der Waals surface area contributed by atoms with E-state index in [1.165, 1.54) is 11.3 Å². The fraction of sp³-hybridized carbons (Fsp3) is 0.125. The van der Waals surface area contributed by atoms with Gasteiger partial charge in [-0.2, -0.15) is 13.2 Å². The summed E-state index contributed by atoms with van der Waals surface area (Å²) in [4.78, 5) is 16.4. The highest BCUT2D eigenvalue weighted by molar-refractivity contribution is 7.18. The SMILES string of the molecule is Cc1nc2cc(NC(=O)Nc3cc(C(F)(F)F)ccc3Cl)ccc2s1. The van der Waals surface area contributed by atoms with Gasteiger partial charge in [-0.25, -0.2) is 9.78 Å². The van der Waals surface area contributed by atoms with Crippen molar-refractivity contribution < 1.29 is 18.0 Å². The van der Waals surface area contributed by atoms with E-state index in [2.05, 4.69) is 15.6 Å². The van der Waals surface area contributed by atoms with Crippen LogP contribution in [0.15, 0.2) is 36.4 Å². The second-order valence-electron chi connectivity index (χ2n) is 5.19. The maximum absolute atomic E-state index is 12.8. The van der Waals surface area contributed by atoms with E-state index in [0.29, 0.717) is 5.69 Å². The third-order valence-electron chi connectivity index (χ3n) is 3.29. The molecule has 1 aromatic heterocycles. The van der Waals surface area contributed by atoms with Crippen LogP contribution in [0.2, 0.25) is 5.02 Å². The Kier molecular flexibility index (Phi) is 4.57. The molecule has 2 N–H and O–H groups in total. The average molecular weight is 386 g/mol. The second-order valence-corrected chi connectivity index (χ2v) is 6.83. The molecule has 0 aliphatic rings. The zero-order valence-electron chi connectivity index (χ0n) is 12.7. The van der Waals surface area contributed by atoms with Crippen LogP contribution in [0.4, 0.5) is 29.3 Å². The quantitative estimate of drug-likeness (QED) is 0.575. The molecule has 0 spiro atoms. The number of hydrogen-bond acceptors (Lipinski definition) is 3. The number of rotatable bonds is 2. The van der Waals surface area contributed by atoms with E-state index in [1.807, 2.05) is 13.0 Å². The van der Waals surface area contributed by atoms with Crippen LogP contribution in [0.5, 0.6) is 0 Å². The summed E-state index contributed by atoms with van der Waals surface area (Å²) in [7, 11) is 0. The molecule has 3 rings (SSSR count). The Labute approximate surface area is 149 Å². The number of nitrogens with one attached hydrogen (secondary N) is 2. The Bertz CT molecular complexity index is 955. The Hall–Kier alpha value is -2.32. The van der Waals surface area contributed by atoms with Crippen molar-refractivity contribution in [3.63, 3.8) is 0 Å². The first-order valence-corrected chi connectivity index (χ1v) is 8.24. The standard InChI is InChI=1S/C16H11ClF3N3OS/c1-8-21-13-7-10(3-5-14(13)25-8)22-15(24)23-12-6-9(16(18,19)20)2-4-11(12)17/h2-7H,1H3,(H2,22,23,24). The number of aromatic nitrogens is 1. The lowest BCUT2D eigenvalue weighted by molar-refractivity contribution is -0.137. The van der Waals surface area contributed by atoms with Gasteiger partial charge in [0.1, 0.15) is 0 Å². The van der Waals surface area contributed by atoms with Crippen molar-refractivity contribution in [1.29, 1.82) is 0 Å². The first-order chi connectivity index (χ1) is 11.7. The van der Waals surface area contributed by atoms with Crippen LogP contribution in [0.3, 0.4) is 0 Å². The van der Waals surface area contributed by atoms with E-state index >= 15 is 0 Å². The minimum atomic E-state index is -4.52. The number of aryl methyl sites for hydroxylation is 1. The minimum absolute atomic E-state index is 0.00808. The molecule has 0 bridgehead atoms. The highest BCUT2D eigenvalue weighted by Gasteiger charge is 2.31. The number of benzene rings is 2. The lowest BCUT2D eigenvalue weighted by Gasteiger charge is -2.12. The van der Waals surface area contributed by atoms with Gasteiger partial charge in [0.2, 0.25) is 0 Å². The molecule has 0 aliphatic heterocycles. The average Bonchev–Trinajstić information content (AvgIpc) is 2.87. The van der Waals surface area contributed by atoms with Crippen LogP contribution in [0.1, 0.15) is 10.6 Å². The Balaban J connectivity index is 1.77. The van der Waals surface area contributed by atoms with Gasteiger partial charge < -0.3 is 10.6 Å². The van der Waals surface area contributed by atoms with Crippen LogP contribution in [0.25, 0.3) is 10.2 Å². The van der Waals surface area contributed by atoms with Crippen LogP contribution >= 0.6 is 22.9 Å². The fourth-order valence-corrected chi connectivity index (χ4v) is 3.17. The fourth-order valence-electron chi connectivity index (χ4n) is 2.20. The zero-order valence-corrected chi connectivity index (χ0v) is 14.3. The highest BCUT2D eigenvalue weighted by atomic mass is 35.5. The normalized spacial score (nSPS) is 11.6. The van der Waals surface area contributed by atoms with Crippen molar-refractivity contribution in [2.75, 3.05) is 10.6 Å². The number of carbonyl (C=O) groups excluding carboxylic acids is 1. The number of carbonyl (C=O) groups is 1. The summed E-state index contributed by atoms with van der Waals surface area (Å²) in [6.07, 6.45) is -4.52. The Morgan fingerprint density at radius 3 is 2.64 bits per heavy atom. The number of anilines is 2. The summed E-state index contributed by atoms with van der Waals surface area (Å²) in [6.45, 7) is 1.88. The minimum Gasteiger partial charge on any atom is -0.308 e. The highest BCUT2D eigenvalue weighted by Crippen LogP contribution is 2.34. The molecule has 9 heteroatoms. The molecule has 3 aromatic rings. The second kappa shape index (κ2) is 6.53. The lowest BCUT2D eigenvalue weighted by Crippen LogP contribution is -2.20. The van der Waals surface area contributed by atoms with Crippen molar-refractivity contribution in [3.8, 4) is 0 Å². The number of thiazole rings is 1. The molecule has 0 atom stereocenters. The summed E-state index contributed by atoms with van der Waals surface area (Å²) in [5, 5.41) is 5.78. The summed E-state index contributed by atoms with van der Waals surface area (Å²) >= 11 is 7.38. The van der Waals surface area contributed by atoms with E-state index in [4.69, 9.17) is 11.6 Å². The van der Waals surface area contributed by atoms with Crippen molar-refractivity contribution in [3.05, 3.63) is 52.0 Å². The summed E-state index contributed by atoms with van der Waals surface area (Å²) in [6, 6.07) is 7.21. The third-order valence-corrected chi connectivity index (χ3v) is 4.58. The molecule has 0 aliphatic carbocycles. The molecule has 2 amide bonds. The summed E-state index contributed by atoms with van der Waals surface area (Å²) in [5.41, 5.74) is 0.182. The number of urea groups is 1. The van der Waals surface area contributed by atoms with Crippen molar-refractivity contribution in [2.24, 2.45) is 0 Å². The van der Waals surface area contributed by atoms with Crippen molar-refractivity contribution in [2.45, 2.75) is 13.1 Å². The zero-order chi connectivity index (χ0) is 18.2. The number of nitrogens with zero attached hydrogens (tertiary/aromatic N) is 1. The van der Waals surface area contributed by atoms with Gasteiger partial charge >= 0.3 is 12.2 Å². The van der Waals surface area contributed by atoms with Crippen LogP contribution in [-0.2, 0) is 6.18 Å². The molecule has 0 saturated carbocycles. The van der Waals surface area contributed by atoms with Crippen molar-refractivity contribution in [1.82, 2.24) is 4.98 Å². The third kappa shape index (κ3) is 4.02. The van der Waals surface area contributed by atoms with Gasteiger partial charge in [-0.05, 0) is 43.3 Å². The van der Waals surface area contributed by atoms with Gasteiger partial charge in [-0.15, -0.1) is 11.3 Å². The van der Waals surface area contributed by atoms with Crippen LogP contribution in [-0.4, -0.2) is 11.0 Å². The van der Waals surface area contributed by atoms with Gasteiger partial charge in [0.25, 0.3) is 0 Å².